The molecule has 1 amide bonds. The van der Waals surface area contributed by atoms with Gasteiger partial charge in [-0.2, -0.15) is 0 Å². The smallest absolute Gasteiger partial charge is 0.241 e. The molecule has 0 aliphatic heterocycles. The lowest BCUT2D eigenvalue weighted by Gasteiger charge is -2.20. The van der Waals surface area contributed by atoms with Crippen LogP contribution in [0.1, 0.15) is 44.3 Å². The molecule has 3 rings (SSSR count). The lowest BCUT2D eigenvalue weighted by molar-refractivity contribution is -0.117. The number of sulfonamides is 1. The van der Waals surface area contributed by atoms with E-state index in [2.05, 4.69) is 10.0 Å². The Bertz CT molecular complexity index is 825. The number of benzene rings is 1. The van der Waals surface area contributed by atoms with E-state index in [1.807, 2.05) is 0 Å². The van der Waals surface area contributed by atoms with E-state index in [1.165, 1.54) is 37.7 Å². The van der Waals surface area contributed by atoms with Gasteiger partial charge in [0.05, 0.1) is 17.7 Å². The maximum absolute atomic E-state index is 12.4. The Morgan fingerprint density at radius 3 is 2.65 bits per heavy atom. The molecule has 0 bridgehead atoms. The van der Waals surface area contributed by atoms with Crippen LogP contribution in [0.25, 0.3) is 0 Å². The van der Waals surface area contributed by atoms with E-state index in [9.17, 15) is 13.2 Å². The van der Waals surface area contributed by atoms with Crippen molar-refractivity contribution in [3.63, 3.8) is 0 Å². The summed E-state index contributed by atoms with van der Waals surface area (Å²) in [7, 11) is -3.68. The van der Waals surface area contributed by atoms with E-state index in [0.717, 1.165) is 12.8 Å². The van der Waals surface area contributed by atoms with Gasteiger partial charge in [-0.1, -0.05) is 25.3 Å². The highest BCUT2D eigenvalue weighted by Gasteiger charge is 2.18. The van der Waals surface area contributed by atoms with Crippen molar-refractivity contribution in [3.05, 3.63) is 48.4 Å². The Kier molecular flexibility index (Phi) is 6.11. The lowest BCUT2D eigenvalue weighted by atomic mass is 9.87. The monoisotopic (exact) mass is 376 g/mol. The van der Waals surface area contributed by atoms with Gasteiger partial charge in [0.2, 0.25) is 15.9 Å². The molecule has 2 N–H and O–H groups in total. The van der Waals surface area contributed by atoms with Crippen LogP contribution in [0.3, 0.4) is 0 Å². The first kappa shape index (κ1) is 18.7. The highest BCUT2D eigenvalue weighted by Crippen LogP contribution is 2.26. The summed E-state index contributed by atoms with van der Waals surface area (Å²) in [5.74, 6) is 0.908. The van der Waals surface area contributed by atoms with Gasteiger partial charge in [0.1, 0.15) is 5.76 Å². The minimum absolute atomic E-state index is 0.0602. The van der Waals surface area contributed by atoms with Crippen molar-refractivity contribution < 1.29 is 17.6 Å². The summed E-state index contributed by atoms with van der Waals surface area (Å²) < 4.78 is 32.5. The van der Waals surface area contributed by atoms with Gasteiger partial charge in [-0.3, -0.25) is 4.79 Å². The molecular formula is C19H24N2O4S. The average Bonchev–Trinajstić information content (AvgIpc) is 3.15. The molecule has 1 fully saturated rings. The van der Waals surface area contributed by atoms with E-state index >= 15 is 0 Å². The number of rotatable bonds is 7. The maximum Gasteiger partial charge on any atom is 0.241 e. The van der Waals surface area contributed by atoms with Crippen LogP contribution in [0.5, 0.6) is 0 Å². The Hall–Kier alpha value is -2.12. The van der Waals surface area contributed by atoms with E-state index in [-0.39, 0.29) is 17.3 Å². The third-order valence-electron chi connectivity index (χ3n) is 4.64. The van der Waals surface area contributed by atoms with E-state index in [4.69, 9.17) is 4.42 Å². The highest BCUT2D eigenvalue weighted by molar-refractivity contribution is 7.89. The largest absolute Gasteiger partial charge is 0.468 e. The van der Waals surface area contributed by atoms with Gasteiger partial charge >= 0.3 is 0 Å². The van der Waals surface area contributed by atoms with Crippen molar-refractivity contribution in [2.45, 2.75) is 50.0 Å². The number of anilines is 1. The predicted molar refractivity (Wildman–Crippen MR) is 99.0 cm³/mol. The molecule has 1 saturated carbocycles. The molecule has 140 valence electrons. The molecule has 0 saturated heterocycles. The summed E-state index contributed by atoms with van der Waals surface area (Å²) in [6.45, 7) is 0.0770. The van der Waals surface area contributed by atoms with Crippen LogP contribution >= 0.6 is 0 Å². The van der Waals surface area contributed by atoms with Crippen molar-refractivity contribution in [1.29, 1.82) is 0 Å². The van der Waals surface area contributed by atoms with Gasteiger partial charge in [0.15, 0.2) is 0 Å². The van der Waals surface area contributed by atoms with Crippen molar-refractivity contribution in [1.82, 2.24) is 4.72 Å². The fraction of sp³-hybridized carbons (Fsp3) is 0.421. The van der Waals surface area contributed by atoms with Gasteiger partial charge in [-0.25, -0.2) is 13.1 Å². The first-order chi connectivity index (χ1) is 12.5. The quantitative estimate of drug-likeness (QED) is 0.772. The normalized spacial score (nSPS) is 15.7. The van der Waals surface area contributed by atoms with E-state index in [1.54, 1.807) is 24.3 Å². The summed E-state index contributed by atoms with van der Waals surface area (Å²) in [5.41, 5.74) is 0.492. The molecule has 0 spiro atoms. The van der Waals surface area contributed by atoms with Crippen LogP contribution in [0.15, 0.2) is 52.0 Å². The molecule has 1 aliphatic rings. The second-order valence-corrected chi connectivity index (χ2v) is 8.46. The van der Waals surface area contributed by atoms with Crippen molar-refractivity contribution in [3.8, 4) is 0 Å². The van der Waals surface area contributed by atoms with Crippen molar-refractivity contribution in [2.75, 3.05) is 5.32 Å². The minimum Gasteiger partial charge on any atom is -0.468 e. The van der Waals surface area contributed by atoms with Gasteiger partial charge in [0.25, 0.3) is 0 Å². The molecule has 1 heterocycles. The number of amides is 1. The number of carbonyl (C=O) groups is 1. The molecule has 1 aromatic carbocycles. The van der Waals surface area contributed by atoms with E-state index in [0.29, 0.717) is 23.8 Å². The number of hydrogen-bond donors (Lipinski definition) is 2. The standard InChI is InChI=1S/C19H24N2O4S/c22-19(12-15-6-2-1-3-7-15)21-16-8-4-10-18(13-16)26(23,24)20-14-17-9-5-11-25-17/h4-5,8-11,13,15,20H,1-3,6-7,12,14H2,(H,21,22). The molecule has 6 nitrogen and oxygen atoms in total. The lowest BCUT2D eigenvalue weighted by Crippen LogP contribution is -2.23. The van der Waals surface area contributed by atoms with Gasteiger partial charge < -0.3 is 9.73 Å². The first-order valence-corrected chi connectivity index (χ1v) is 10.4. The Balaban J connectivity index is 1.60. The topological polar surface area (TPSA) is 88.4 Å². The summed E-state index contributed by atoms with van der Waals surface area (Å²) in [6.07, 6.45) is 7.81. The molecule has 0 atom stereocenters. The van der Waals surface area contributed by atoms with Crippen LogP contribution in [0.2, 0.25) is 0 Å². The zero-order valence-corrected chi connectivity index (χ0v) is 15.4. The third kappa shape index (κ3) is 5.19. The summed E-state index contributed by atoms with van der Waals surface area (Å²) >= 11 is 0. The molecule has 1 aromatic heterocycles. The molecule has 7 heteroatoms. The van der Waals surface area contributed by atoms with Crippen LogP contribution in [-0.2, 0) is 21.4 Å². The van der Waals surface area contributed by atoms with Crippen molar-refractivity contribution >= 4 is 21.6 Å². The molecule has 26 heavy (non-hydrogen) atoms. The Morgan fingerprint density at radius 2 is 1.92 bits per heavy atom. The van der Waals surface area contributed by atoms with Crippen LogP contribution in [0, 0.1) is 5.92 Å². The zero-order valence-electron chi connectivity index (χ0n) is 14.6. The highest BCUT2D eigenvalue weighted by atomic mass is 32.2. The van der Waals surface area contributed by atoms with Gasteiger partial charge in [0, 0.05) is 12.1 Å². The van der Waals surface area contributed by atoms with Crippen LogP contribution in [-0.4, -0.2) is 14.3 Å². The summed E-state index contributed by atoms with van der Waals surface area (Å²) in [5, 5.41) is 2.82. The molecule has 1 aliphatic carbocycles. The molecule has 0 radical (unpaired) electrons. The third-order valence-corrected chi connectivity index (χ3v) is 6.04. The number of carbonyl (C=O) groups excluding carboxylic acids is 1. The van der Waals surface area contributed by atoms with Gasteiger partial charge in [-0.15, -0.1) is 0 Å². The fourth-order valence-electron chi connectivity index (χ4n) is 3.27. The van der Waals surface area contributed by atoms with E-state index < -0.39 is 10.0 Å². The number of furan rings is 1. The maximum atomic E-state index is 12.4. The summed E-state index contributed by atoms with van der Waals surface area (Å²) in [4.78, 5) is 12.3. The Labute approximate surface area is 154 Å². The number of nitrogens with one attached hydrogen (secondary N) is 2. The number of hydrogen-bond acceptors (Lipinski definition) is 4. The molecule has 0 unspecified atom stereocenters. The zero-order chi connectivity index (χ0) is 18.4. The Morgan fingerprint density at radius 1 is 1.12 bits per heavy atom. The second-order valence-electron chi connectivity index (χ2n) is 6.69. The van der Waals surface area contributed by atoms with Crippen LogP contribution in [0.4, 0.5) is 5.69 Å². The van der Waals surface area contributed by atoms with Gasteiger partial charge in [-0.05, 0) is 49.1 Å². The molecular weight excluding hydrogens is 352 g/mol. The van der Waals surface area contributed by atoms with Crippen LogP contribution < -0.4 is 10.0 Å². The fourth-order valence-corrected chi connectivity index (χ4v) is 4.31. The minimum atomic E-state index is -3.68. The second kappa shape index (κ2) is 8.51. The summed E-state index contributed by atoms with van der Waals surface area (Å²) in [6, 6.07) is 9.70. The first-order valence-electron chi connectivity index (χ1n) is 8.95. The predicted octanol–water partition coefficient (Wildman–Crippen LogP) is 3.67. The van der Waals surface area contributed by atoms with Crippen molar-refractivity contribution in [2.24, 2.45) is 5.92 Å². The average molecular weight is 376 g/mol. The molecule has 2 aromatic rings. The SMILES string of the molecule is O=C(CC1CCCCC1)Nc1cccc(S(=O)(=O)NCc2ccco2)c1.